The van der Waals surface area contributed by atoms with Gasteiger partial charge in [0.15, 0.2) is 16.7 Å². The molecule has 0 spiro atoms. The highest BCUT2D eigenvalue weighted by atomic mass is 32.1. The summed E-state index contributed by atoms with van der Waals surface area (Å²) < 4.78 is 17.8. The van der Waals surface area contributed by atoms with Gasteiger partial charge in [0.25, 0.3) is 0 Å². The first-order chi connectivity index (χ1) is 6.67. The van der Waals surface area contributed by atoms with Gasteiger partial charge in [-0.2, -0.15) is 0 Å². The molecule has 0 aliphatic heterocycles. The number of anilines is 1. The van der Waals surface area contributed by atoms with E-state index in [-0.39, 0.29) is 10.9 Å². The number of hydrazine groups is 1. The van der Waals surface area contributed by atoms with Gasteiger partial charge in [-0.1, -0.05) is 0 Å². The number of nitrogens with one attached hydrogen (secondary N) is 2. The lowest BCUT2D eigenvalue weighted by molar-refractivity contribution is 0.387. The van der Waals surface area contributed by atoms with Gasteiger partial charge in [-0.3, -0.25) is 0 Å². The van der Waals surface area contributed by atoms with Crippen molar-refractivity contribution in [3.05, 3.63) is 24.0 Å². The molecule has 76 valence electrons. The van der Waals surface area contributed by atoms with Crippen molar-refractivity contribution in [3.8, 4) is 5.75 Å². The standard InChI is InChI=1S/C8H10FN3OS/c1-13-7-4-5(2-3-6(7)9)11-8(14)12-10/h2-4H,10H2,1H3,(H2,11,12,14). The molecule has 6 heteroatoms. The highest BCUT2D eigenvalue weighted by molar-refractivity contribution is 7.80. The molecule has 0 saturated heterocycles. The molecule has 0 heterocycles. The van der Waals surface area contributed by atoms with Gasteiger partial charge in [0.2, 0.25) is 0 Å². The lowest BCUT2D eigenvalue weighted by Crippen LogP contribution is -2.34. The molecule has 0 amide bonds. The van der Waals surface area contributed by atoms with Crippen LogP contribution in [0.25, 0.3) is 0 Å². The van der Waals surface area contributed by atoms with Crippen LogP contribution in [0.15, 0.2) is 18.2 Å². The van der Waals surface area contributed by atoms with Crippen LogP contribution in [-0.4, -0.2) is 12.2 Å². The van der Waals surface area contributed by atoms with E-state index >= 15 is 0 Å². The second kappa shape index (κ2) is 4.73. The van der Waals surface area contributed by atoms with Gasteiger partial charge in [0, 0.05) is 11.8 Å². The minimum atomic E-state index is -0.426. The van der Waals surface area contributed by atoms with Crippen molar-refractivity contribution in [3.63, 3.8) is 0 Å². The number of hydrogen-bond donors (Lipinski definition) is 3. The average molecular weight is 215 g/mol. The van der Waals surface area contributed by atoms with E-state index in [1.165, 1.54) is 25.3 Å². The summed E-state index contributed by atoms with van der Waals surface area (Å²) in [6, 6.07) is 4.29. The fourth-order valence-electron chi connectivity index (χ4n) is 0.905. The first kappa shape index (κ1) is 10.7. The predicted molar refractivity (Wildman–Crippen MR) is 56.5 cm³/mol. The molecule has 1 aromatic rings. The average Bonchev–Trinajstić information content (AvgIpc) is 2.20. The lowest BCUT2D eigenvalue weighted by atomic mass is 10.3. The maximum atomic E-state index is 13.0. The van der Waals surface area contributed by atoms with Gasteiger partial charge in [-0.15, -0.1) is 0 Å². The Morgan fingerprint density at radius 3 is 2.86 bits per heavy atom. The normalized spacial score (nSPS) is 9.36. The van der Waals surface area contributed by atoms with E-state index in [1.54, 1.807) is 0 Å². The van der Waals surface area contributed by atoms with Crippen LogP contribution in [0, 0.1) is 5.82 Å². The Kier molecular flexibility index (Phi) is 3.61. The van der Waals surface area contributed by atoms with E-state index in [0.717, 1.165) is 0 Å². The third-order valence-corrected chi connectivity index (χ3v) is 1.76. The van der Waals surface area contributed by atoms with E-state index in [9.17, 15) is 4.39 Å². The Hall–Kier alpha value is -1.40. The smallest absolute Gasteiger partial charge is 0.185 e. The molecule has 4 nitrogen and oxygen atoms in total. The minimum Gasteiger partial charge on any atom is -0.494 e. The van der Waals surface area contributed by atoms with E-state index in [4.69, 9.17) is 22.8 Å². The summed E-state index contributed by atoms with van der Waals surface area (Å²) in [4.78, 5) is 0. The zero-order valence-corrected chi connectivity index (χ0v) is 8.32. The van der Waals surface area contributed by atoms with Crippen LogP contribution in [-0.2, 0) is 0 Å². The van der Waals surface area contributed by atoms with Gasteiger partial charge in [-0.05, 0) is 24.4 Å². The fourth-order valence-corrected chi connectivity index (χ4v) is 1.02. The Bertz CT molecular complexity index is 345. The number of thiocarbonyl (C=S) groups is 1. The highest BCUT2D eigenvalue weighted by Gasteiger charge is 2.03. The molecular formula is C8H10FN3OS. The van der Waals surface area contributed by atoms with Crippen LogP contribution in [0.4, 0.5) is 10.1 Å². The minimum absolute atomic E-state index is 0.148. The Balaban J connectivity index is 2.84. The summed E-state index contributed by atoms with van der Waals surface area (Å²) in [5.74, 6) is 4.78. The highest BCUT2D eigenvalue weighted by Crippen LogP contribution is 2.21. The first-order valence-corrected chi connectivity index (χ1v) is 4.19. The first-order valence-electron chi connectivity index (χ1n) is 3.78. The van der Waals surface area contributed by atoms with Crippen LogP contribution in [0.3, 0.4) is 0 Å². The predicted octanol–water partition coefficient (Wildman–Crippen LogP) is 0.994. The summed E-state index contributed by atoms with van der Waals surface area (Å²) in [7, 11) is 1.39. The van der Waals surface area contributed by atoms with E-state index < -0.39 is 5.82 Å². The molecule has 1 aromatic carbocycles. The summed E-state index contributed by atoms with van der Waals surface area (Å²) >= 11 is 4.77. The lowest BCUT2D eigenvalue weighted by Gasteiger charge is -2.08. The van der Waals surface area contributed by atoms with Crippen molar-refractivity contribution in [2.45, 2.75) is 0 Å². The van der Waals surface area contributed by atoms with Crippen molar-refractivity contribution >= 4 is 23.0 Å². The van der Waals surface area contributed by atoms with Gasteiger partial charge in [-0.25, -0.2) is 10.2 Å². The maximum Gasteiger partial charge on any atom is 0.185 e. The van der Waals surface area contributed by atoms with Crippen LogP contribution < -0.4 is 21.3 Å². The van der Waals surface area contributed by atoms with Gasteiger partial charge in [0.1, 0.15) is 0 Å². The van der Waals surface area contributed by atoms with Crippen molar-refractivity contribution < 1.29 is 9.13 Å². The van der Waals surface area contributed by atoms with E-state index in [2.05, 4.69) is 10.7 Å². The molecule has 1 rings (SSSR count). The summed E-state index contributed by atoms with van der Waals surface area (Å²) in [5, 5.41) is 2.99. The molecule has 0 atom stereocenters. The summed E-state index contributed by atoms with van der Waals surface area (Å²) in [6.45, 7) is 0. The molecule has 0 aliphatic carbocycles. The number of ether oxygens (including phenoxy) is 1. The molecule has 0 bridgehead atoms. The number of rotatable bonds is 2. The zero-order valence-electron chi connectivity index (χ0n) is 7.50. The molecule has 0 saturated carbocycles. The second-order valence-electron chi connectivity index (χ2n) is 2.45. The second-order valence-corrected chi connectivity index (χ2v) is 2.86. The molecule has 0 aliphatic rings. The van der Waals surface area contributed by atoms with Crippen LogP contribution in [0.1, 0.15) is 0 Å². The number of nitrogens with two attached hydrogens (primary N) is 1. The molecule has 0 fully saturated rings. The number of benzene rings is 1. The molecule has 0 aromatic heterocycles. The van der Waals surface area contributed by atoms with E-state index in [0.29, 0.717) is 5.69 Å². The van der Waals surface area contributed by atoms with Crippen molar-refractivity contribution in [2.24, 2.45) is 5.84 Å². The maximum absolute atomic E-state index is 13.0. The van der Waals surface area contributed by atoms with E-state index in [1.807, 2.05) is 0 Å². The molecule has 0 radical (unpaired) electrons. The fraction of sp³-hybridized carbons (Fsp3) is 0.125. The van der Waals surface area contributed by atoms with Crippen LogP contribution >= 0.6 is 12.2 Å². The van der Waals surface area contributed by atoms with Crippen molar-refractivity contribution in [2.75, 3.05) is 12.4 Å². The molecule has 0 unspecified atom stereocenters. The topological polar surface area (TPSA) is 59.3 Å². The Morgan fingerprint density at radius 2 is 2.29 bits per heavy atom. The molecular weight excluding hydrogens is 205 g/mol. The Morgan fingerprint density at radius 1 is 1.57 bits per heavy atom. The van der Waals surface area contributed by atoms with Crippen molar-refractivity contribution in [1.82, 2.24) is 5.43 Å². The third kappa shape index (κ3) is 2.54. The summed E-state index contributed by atoms with van der Waals surface area (Å²) in [5.41, 5.74) is 2.85. The molecule has 4 N–H and O–H groups in total. The quantitative estimate of drug-likeness (QED) is 0.390. The zero-order chi connectivity index (χ0) is 10.6. The van der Waals surface area contributed by atoms with Crippen LogP contribution in [0.2, 0.25) is 0 Å². The number of halogens is 1. The molecule has 14 heavy (non-hydrogen) atoms. The Labute approximate surface area is 86.2 Å². The SMILES string of the molecule is COc1cc(NC(=S)NN)ccc1F. The van der Waals surface area contributed by atoms with Gasteiger partial charge < -0.3 is 15.5 Å². The third-order valence-electron chi connectivity index (χ3n) is 1.54. The van der Waals surface area contributed by atoms with Gasteiger partial charge >= 0.3 is 0 Å². The van der Waals surface area contributed by atoms with Crippen molar-refractivity contribution in [1.29, 1.82) is 0 Å². The van der Waals surface area contributed by atoms with Gasteiger partial charge in [0.05, 0.1) is 7.11 Å². The van der Waals surface area contributed by atoms with Crippen LogP contribution in [0.5, 0.6) is 5.75 Å². The monoisotopic (exact) mass is 215 g/mol. The number of methoxy groups -OCH3 is 1. The largest absolute Gasteiger partial charge is 0.494 e. The number of hydrogen-bond acceptors (Lipinski definition) is 3. The summed E-state index contributed by atoms with van der Waals surface area (Å²) in [6.07, 6.45) is 0.